The molecule has 80 valence electrons. The fourth-order valence-corrected chi connectivity index (χ4v) is 1.66. The molecule has 0 spiro atoms. The maximum Gasteiger partial charge on any atom is 0.0705 e. The van der Waals surface area contributed by atoms with Gasteiger partial charge in [-0.05, 0) is 42.6 Å². The van der Waals surface area contributed by atoms with Gasteiger partial charge in [0.15, 0.2) is 0 Å². The quantitative estimate of drug-likeness (QED) is 0.437. The number of fused-ring (bicyclic) bond motifs is 1. The molecule has 1 aromatic heterocycles. The summed E-state index contributed by atoms with van der Waals surface area (Å²) in [7, 11) is 0. The molecule has 0 radical (unpaired) electrons. The van der Waals surface area contributed by atoms with Crippen molar-refractivity contribution in [2.45, 2.75) is 13.3 Å². The zero-order valence-corrected chi connectivity index (χ0v) is 9.09. The van der Waals surface area contributed by atoms with Crippen LogP contribution in [0.1, 0.15) is 11.3 Å². The molecule has 0 amide bonds. The van der Waals surface area contributed by atoms with E-state index in [4.69, 9.17) is 5.53 Å². The molecule has 0 fully saturated rings. The maximum atomic E-state index is 8.19. The first kappa shape index (κ1) is 10.5. The third-order valence-electron chi connectivity index (χ3n) is 2.46. The van der Waals surface area contributed by atoms with Crippen LogP contribution in [0.2, 0.25) is 0 Å². The standard InChI is InChI=1S/C12H12N4/c1-9-2-4-11-8-10(6-7-14-16-13)3-5-12(11)15-9/h2-5,8H,6-7H2,1H3. The van der Waals surface area contributed by atoms with E-state index in [1.165, 1.54) is 5.56 Å². The lowest BCUT2D eigenvalue weighted by atomic mass is 10.1. The van der Waals surface area contributed by atoms with Crippen LogP contribution in [0.5, 0.6) is 0 Å². The van der Waals surface area contributed by atoms with Gasteiger partial charge in [-0.3, -0.25) is 4.98 Å². The molecule has 0 aliphatic rings. The second kappa shape index (κ2) is 4.64. The molecule has 0 saturated heterocycles. The summed E-state index contributed by atoms with van der Waals surface area (Å²) in [6.07, 6.45) is 0.772. The Hall–Kier alpha value is -2.06. The Labute approximate surface area is 93.6 Å². The van der Waals surface area contributed by atoms with E-state index in [0.717, 1.165) is 23.0 Å². The van der Waals surface area contributed by atoms with Crippen LogP contribution in [0.4, 0.5) is 0 Å². The minimum absolute atomic E-state index is 0.501. The number of pyridine rings is 1. The summed E-state index contributed by atoms with van der Waals surface area (Å²) >= 11 is 0. The Bertz CT molecular complexity index is 556. The van der Waals surface area contributed by atoms with E-state index in [2.05, 4.69) is 27.1 Å². The summed E-state index contributed by atoms with van der Waals surface area (Å²) in [6.45, 7) is 2.48. The number of hydrogen-bond donors (Lipinski definition) is 0. The average Bonchev–Trinajstić information content (AvgIpc) is 2.29. The lowest BCUT2D eigenvalue weighted by Crippen LogP contribution is -1.90. The summed E-state index contributed by atoms with van der Waals surface area (Å²) in [5.41, 5.74) is 11.4. The van der Waals surface area contributed by atoms with Crippen LogP contribution in [0.25, 0.3) is 21.3 Å². The van der Waals surface area contributed by atoms with Gasteiger partial charge in [0.05, 0.1) is 5.52 Å². The third-order valence-corrected chi connectivity index (χ3v) is 2.46. The van der Waals surface area contributed by atoms with Crippen molar-refractivity contribution in [2.24, 2.45) is 5.11 Å². The Balaban J connectivity index is 2.29. The molecule has 4 heteroatoms. The minimum Gasteiger partial charge on any atom is -0.253 e. The van der Waals surface area contributed by atoms with Crippen molar-refractivity contribution in [1.82, 2.24) is 4.98 Å². The summed E-state index contributed by atoms with van der Waals surface area (Å²) < 4.78 is 0. The summed E-state index contributed by atoms with van der Waals surface area (Å²) in [5.74, 6) is 0. The molecule has 0 unspecified atom stereocenters. The Morgan fingerprint density at radius 3 is 3.00 bits per heavy atom. The van der Waals surface area contributed by atoms with Crippen LogP contribution in [0, 0.1) is 6.92 Å². The zero-order valence-electron chi connectivity index (χ0n) is 9.09. The normalized spacial score (nSPS) is 10.1. The predicted molar refractivity (Wildman–Crippen MR) is 64.2 cm³/mol. The van der Waals surface area contributed by atoms with Gasteiger partial charge in [0.25, 0.3) is 0 Å². The number of aromatic nitrogens is 1. The van der Waals surface area contributed by atoms with Gasteiger partial charge in [0, 0.05) is 22.5 Å². The van der Waals surface area contributed by atoms with Crippen molar-refractivity contribution >= 4 is 10.9 Å². The molecule has 0 saturated carbocycles. The lowest BCUT2D eigenvalue weighted by molar-refractivity contribution is 0.958. The lowest BCUT2D eigenvalue weighted by Gasteiger charge is -2.02. The fourth-order valence-electron chi connectivity index (χ4n) is 1.66. The summed E-state index contributed by atoms with van der Waals surface area (Å²) in [5, 5.41) is 4.65. The van der Waals surface area contributed by atoms with E-state index in [1.54, 1.807) is 0 Å². The van der Waals surface area contributed by atoms with Gasteiger partial charge in [-0.25, -0.2) is 0 Å². The Morgan fingerprint density at radius 1 is 1.31 bits per heavy atom. The van der Waals surface area contributed by atoms with Gasteiger partial charge in [-0.1, -0.05) is 17.2 Å². The van der Waals surface area contributed by atoms with Gasteiger partial charge in [0.1, 0.15) is 0 Å². The highest BCUT2D eigenvalue weighted by Gasteiger charge is 1.97. The van der Waals surface area contributed by atoms with Crippen LogP contribution in [0.15, 0.2) is 35.4 Å². The molecule has 0 aliphatic heterocycles. The monoisotopic (exact) mass is 212 g/mol. The van der Waals surface area contributed by atoms with E-state index >= 15 is 0 Å². The molecular weight excluding hydrogens is 200 g/mol. The predicted octanol–water partition coefficient (Wildman–Crippen LogP) is 3.40. The number of azide groups is 1. The van der Waals surface area contributed by atoms with Gasteiger partial charge < -0.3 is 0 Å². The highest BCUT2D eigenvalue weighted by molar-refractivity contribution is 5.79. The highest BCUT2D eigenvalue weighted by Crippen LogP contribution is 2.15. The van der Waals surface area contributed by atoms with Gasteiger partial charge in [0.2, 0.25) is 0 Å². The third kappa shape index (κ3) is 2.30. The first-order chi connectivity index (χ1) is 7.79. The molecule has 0 atom stereocenters. The van der Waals surface area contributed by atoms with Crippen molar-refractivity contribution in [3.8, 4) is 0 Å². The topological polar surface area (TPSA) is 61.7 Å². The molecule has 1 aromatic carbocycles. The molecule has 16 heavy (non-hydrogen) atoms. The van der Waals surface area contributed by atoms with Gasteiger partial charge >= 0.3 is 0 Å². The number of nitrogens with zero attached hydrogens (tertiary/aromatic N) is 4. The second-order valence-electron chi connectivity index (χ2n) is 3.68. The first-order valence-electron chi connectivity index (χ1n) is 5.17. The number of rotatable bonds is 3. The van der Waals surface area contributed by atoms with Crippen molar-refractivity contribution in [3.63, 3.8) is 0 Å². The van der Waals surface area contributed by atoms with Gasteiger partial charge in [-0.15, -0.1) is 0 Å². The molecule has 0 aliphatic carbocycles. The van der Waals surface area contributed by atoms with Crippen LogP contribution >= 0.6 is 0 Å². The van der Waals surface area contributed by atoms with E-state index in [9.17, 15) is 0 Å². The Kier molecular flexibility index (Phi) is 3.03. The molecule has 1 heterocycles. The van der Waals surface area contributed by atoms with Gasteiger partial charge in [-0.2, -0.15) is 0 Å². The molecule has 4 nitrogen and oxygen atoms in total. The molecular formula is C12H12N4. The smallest absolute Gasteiger partial charge is 0.0705 e. The minimum atomic E-state index is 0.501. The molecule has 0 bridgehead atoms. The zero-order chi connectivity index (χ0) is 11.4. The molecule has 2 aromatic rings. The van der Waals surface area contributed by atoms with E-state index in [-0.39, 0.29) is 0 Å². The Morgan fingerprint density at radius 2 is 2.19 bits per heavy atom. The maximum absolute atomic E-state index is 8.19. The van der Waals surface area contributed by atoms with Crippen LogP contribution in [-0.2, 0) is 6.42 Å². The van der Waals surface area contributed by atoms with E-state index in [1.807, 2.05) is 25.1 Å². The summed E-state index contributed by atoms with van der Waals surface area (Å²) in [6, 6.07) is 10.2. The molecule has 0 N–H and O–H groups in total. The first-order valence-corrected chi connectivity index (χ1v) is 5.17. The number of hydrogen-bond acceptors (Lipinski definition) is 2. The largest absolute Gasteiger partial charge is 0.253 e. The van der Waals surface area contributed by atoms with Crippen LogP contribution < -0.4 is 0 Å². The fraction of sp³-hybridized carbons (Fsp3) is 0.250. The van der Waals surface area contributed by atoms with Crippen molar-refractivity contribution < 1.29 is 0 Å². The molecule has 2 rings (SSSR count). The van der Waals surface area contributed by atoms with E-state index < -0.39 is 0 Å². The number of aryl methyl sites for hydroxylation is 1. The van der Waals surface area contributed by atoms with Crippen molar-refractivity contribution in [1.29, 1.82) is 0 Å². The SMILES string of the molecule is Cc1ccc2cc(CCN=[N+]=[N-])ccc2n1. The number of benzene rings is 1. The highest BCUT2D eigenvalue weighted by atomic mass is 15.1. The second-order valence-corrected chi connectivity index (χ2v) is 3.68. The van der Waals surface area contributed by atoms with Crippen molar-refractivity contribution in [3.05, 3.63) is 52.0 Å². The van der Waals surface area contributed by atoms with Crippen LogP contribution in [-0.4, -0.2) is 11.5 Å². The van der Waals surface area contributed by atoms with Crippen LogP contribution in [0.3, 0.4) is 0 Å². The summed E-state index contributed by atoms with van der Waals surface area (Å²) in [4.78, 5) is 7.17. The van der Waals surface area contributed by atoms with E-state index in [0.29, 0.717) is 6.54 Å². The van der Waals surface area contributed by atoms with Crippen molar-refractivity contribution in [2.75, 3.05) is 6.54 Å². The average molecular weight is 212 g/mol.